The quantitative estimate of drug-likeness (QED) is 0.760. The summed E-state index contributed by atoms with van der Waals surface area (Å²) in [4.78, 5) is 18.2. The van der Waals surface area contributed by atoms with Crippen LogP contribution in [0.15, 0.2) is 24.4 Å². The van der Waals surface area contributed by atoms with Crippen LogP contribution >= 0.6 is 0 Å². The van der Waals surface area contributed by atoms with E-state index >= 15 is 0 Å². The van der Waals surface area contributed by atoms with Crippen molar-refractivity contribution in [2.45, 2.75) is 20.8 Å². The van der Waals surface area contributed by atoms with E-state index in [0.717, 1.165) is 10.9 Å². The second-order valence-corrected chi connectivity index (χ2v) is 4.96. The Morgan fingerprint density at radius 2 is 2.12 bits per heavy atom. The molecule has 0 aliphatic carbocycles. The molecule has 0 amide bonds. The molecule has 0 saturated carbocycles. The highest BCUT2D eigenvalue weighted by Crippen LogP contribution is 2.18. The Hall–Kier alpha value is -2.04. The van der Waals surface area contributed by atoms with Gasteiger partial charge in [-0.25, -0.2) is 4.79 Å². The maximum Gasteiger partial charge on any atom is 0.340 e. The van der Waals surface area contributed by atoms with Crippen LogP contribution in [0.1, 0.15) is 20.8 Å². The molecule has 1 aromatic carbocycles. The van der Waals surface area contributed by atoms with Gasteiger partial charge in [0.2, 0.25) is 0 Å². The molecule has 17 heavy (non-hydrogen) atoms. The molecule has 1 heterocycles. The van der Waals surface area contributed by atoms with Crippen LogP contribution in [-0.2, 0) is 4.79 Å². The summed E-state index contributed by atoms with van der Waals surface area (Å²) in [5.41, 5.74) is 6.47. The summed E-state index contributed by atoms with van der Waals surface area (Å²) in [7, 11) is 0. The van der Waals surface area contributed by atoms with Crippen molar-refractivity contribution in [2.75, 3.05) is 5.73 Å². The van der Waals surface area contributed by atoms with Crippen LogP contribution in [0.2, 0.25) is 0 Å². The van der Waals surface area contributed by atoms with Gasteiger partial charge in [0.15, 0.2) is 0 Å². The van der Waals surface area contributed by atoms with E-state index in [-0.39, 0.29) is 5.97 Å². The average Bonchev–Trinajstić information content (AvgIpc) is 2.59. The normalized spacial score (nSPS) is 11.7. The lowest BCUT2D eigenvalue weighted by atomic mass is 9.98. The van der Waals surface area contributed by atoms with E-state index in [4.69, 9.17) is 10.6 Å². The smallest absolute Gasteiger partial charge is 0.340 e. The first-order chi connectivity index (χ1) is 7.88. The molecule has 2 rings (SSSR count). The summed E-state index contributed by atoms with van der Waals surface area (Å²) in [6.45, 7) is 5.37. The van der Waals surface area contributed by atoms with Gasteiger partial charge >= 0.3 is 5.97 Å². The molecule has 1 aromatic heterocycles. The molecule has 2 aromatic rings. The first-order valence-electron chi connectivity index (χ1n) is 5.34. The summed E-state index contributed by atoms with van der Waals surface area (Å²) in [6, 6.07) is 5.29. The summed E-state index contributed by atoms with van der Waals surface area (Å²) < 4.78 is 0. The van der Waals surface area contributed by atoms with Gasteiger partial charge in [0, 0.05) is 11.1 Å². The lowest BCUT2D eigenvalue weighted by Gasteiger charge is -2.15. The van der Waals surface area contributed by atoms with Gasteiger partial charge in [-0.05, 0) is 39.0 Å². The third-order valence-electron chi connectivity index (χ3n) is 2.34. The van der Waals surface area contributed by atoms with E-state index < -0.39 is 5.41 Å². The highest BCUT2D eigenvalue weighted by molar-refractivity contribution is 5.83. The lowest BCUT2D eigenvalue weighted by Crippen LogP contribution is -2.31. The van der Waals surface area contributed by atoms with E-state index in [2.05, 4.69) is 5.10 Å². The molecular formula is C12H15N3O2. The first-order valence-corrected chi connectivity index (χ1v) is 5.34. The number of nitrogens with two attached hydrogens (primary N) is 1. The summed E-state index contributed by atoms with van der Waals surface area (Å²) in [5.74, 6) is -0.334. The number of nitrogens with zero attached hydrogens (tertiary/aromatic N) is 2. The Morgan fingerprint density at radius 1 is 1.41 bits per heavy atom. The zero-order valence-corrected chi connectivity index (χ0v) is 10.1. The second-order valence-electron chi connectivity index (χ2n) is 4.96. The summed E-state index contributed by atoms with van der Waals surface area (Å²) in [6.07, 6.45) is 1.61. The molecule has 0 aliphatic heterocycles. The van der Waals surface area contributed by atoms with Crippen LogP contribution in [0.5, 0.6) is 0 Å². The van der Waals surface area contributed by atoms with Crippen molar-refractivity contribution in [1.82, 2.24) is 9.94 Å². The van der Waals surface area contributed by atoms with Gasteiger partial charge in [0.25, 0.3) is 0 Å². The Kier molecular flexibility index (Phi) is 2.53. The number of benzene rings is 1. The van der Waals surface area contributed by atoms with Gasteiger partial charge in [-0.15, -0.1) is 5.10 Å². The van der Waals surface area contributed by atoms with Crippen LogP contribution in [0, 0.1) is 5.41 Å². The molecule has 90 valence electrons. The minimum atomic E-state index is -0.563. The van der Waals surface area contributed by atoms with E-state index in [9.17, 15) is 4.79 Å². The molecule has 0 bridgehead atoms. The fourth-order valence-electron chi connectivity index (χ4n) is 1.32. The van der Waals surface area contributed by atoms with Crippen LogP contribution < -0.4 is 10.6 Å². The number of carbonyl (C=O) groups excluding carboxylic acids is 1. The predicted molar refractivity (Wildman–Crippen MR) is 65.2 cm³/mol. The zero-order chi connectivity index (χ0) is 12.6. The fraction of sp³-hybridized carbons (Fsp3) is 0.333. The summed E-state index contributed by atoms with van der Waals surface area (Å²) >= 11 is 0. The number of nitrogen functional groups attached to an aromatic ring is 1. The Morgan fingerprint density at radius 3 is 2.76 bits per heavy atom. The predicted octanol–water partition coefficient (Wildman–Crippen LogP) is 1.62. The van der Waals surface area contributed by atoms with Crippen molar-refractivity contribution in [3.05, 3.63) is 24.4 Å². The highest BCUT2D eigenvalue weighted by atomic mass is 16.7. The fourth-order valence-corrected chi connectivity index (χ4v) is 1.32. The number of fused-ring (bicyclic) bond motifs is 1. The zero-order valence-electron chi connectivity index (χ0n) is 10.1. The van der Waals surface area contributed by atoms with Gasteiger partial charge in [-0.3, -0.25) is 0 Å². The number of hydrogen-bond donors (Lipinski definition) is 1. The molecule has 0 spiro atoms. The maximum absolute atomic E-state index is 11.7. The summed E-state index contributed by atoms with van der Waals surface area (Å²) in [5, 5.41) is 4.85. The first kappa shape index (κ1) is 11.4. The van der Waals surface area contributed by atoms with Crippen molar-refractivity contribution in [1.29, 1.82) is 0 Å². The average molecular weight is 233 g/mol. The van der Waals surface area contributed by atoms with Crippen molar-refractivity contribution in [3.63, 3.8) is 0 Å². The van der Waals surface area contributed by atoms with Crippen molar-refractivity contribution in [2.24, 2.45) is 5.41 Å². The third-order valence-corrected chi connectivity index (χ3v) is 2.34. The molecule has 0 radical (unpaired) electrons. The van der Waals surface area contributed by atoms with Crippen molar-refractivity contribution < 1.29 is 9.63 Å². The SMILES string of the molecule is CC(C)(C)C(=O)On1ncc2cc(N)ccc21. The molecule has 2 N–H and O–H groups in total. The largest absolute Gasteiger partial charge is 0.399 e. The number of carbonyl (C=O) groups is 1. The number of anilines is 1. The second kappa shape index (κ2) is 3.76. The van der Waals surface area contributed by atoms with Gasteiger partial charge in [0.1, 0.15) is 5.52 Å². The minimum Gasteiger partial charge on any atom is -0.399 e. The Balaban J connectivity index is 2.35. The van der Waals surface area contributed by atoms with E-state index in [0.29, 0.717) is 5.69 Å². The van der Waals surface area contributed by atoms with Crippen molar-refractivity contribution >= 4 is 22.6 Å². The standard InChI is InChI=1S/C12H15N3O2/c1-12(2,3)11(16)17-15-10-5-4-9(13)6-8(10)7-14-15/h4-7H,13H2,1-3H3. The minimum absolute atomic E-state index is 0.334. The van der Waals surface area contributed by atoms with Crippen LogP contribution in [-0.4, -0.2) is 15.9 Å². The molecule has 0 unspecified atom stereocenters. The van der Waals surface area contributed by atoms with E-state index in [1.807, 2.05) is 0 Å². The van der Waals surface area contributed by atoms with Gasteiger partial charge in [0.05, 0.1) is 11.6 Å². The molecular weight excluding hydrogens is 218 g/mol. The maximum atomic E-state index is 11.7. The molecule has 5 heteroatoms. The highest BCUT2D eigenvalue weighted by Gasteiger charge is 2.25. The molecule has 5 nitrogen and oxygen atoms in total. The van der Waals surface area contributed by atoms with Gasteiger partial charge in [-0.1, -0.05) is 4.85 Å². The molecule has 0 aliphatic rings. The Labute approximate surface area is 99.1 Å². The van der Waals surface area contributed by atoms with Crippen LogP contribution in [0.25, 0.3) is 10.9 Å². The number of aromatic nitrogens is 2. The Bertz CT molecular complexity index is 567. The number of rotatable bonds is 1. The topological polar surface area (TPSA) is 70.1 Å². The molecule has 0 atom stereocenters. The van der Waals surface area contributed by atoms with E-state index in [1.165, 1.54) is 4.85 Å². The van der Waals surface area contributed by atoms with Gasteiger partial charge < -0.3 is 10.6 Å². The van der Waals surface area contributed by atoms with E-state index in [1.54, 1.807) is 45.2 Å². The molecule has 0 fully saturated rings. The van der Waals surface area contributed by atoms with Crippen molar-refractivity contribution in [3.8, 4) is 0 Å². The van der Waals surface area contributed by atoms with Gasteiger partial charge in [-0.2, -0.15) is 0 Å². The third kappa shape index (κ3) is 2.22. The number of hydrogen-bond acceptors (Lipinski definition) is 4. The van der Waals surface area contributed by atoms with Crippen LogP contribution in [0.3, 0.4) is 0 Å². The monoisotopic (exact) mass is 233 g/mol. The lowest BCUT2D eigenvalue weighted by molar-refractivity contribution is -0.154. The molecule has 0 saturated heterocycles. The van der Waals surface area contributed by atoms with Crippen LogP contribution in [0.4, 0.5) is 5.69 Å².